The van der Waals surface area contributed by atoms with Gasteiger partial charge in [-0.15, -0.1) is 0 Å². The van der Waals surface area contributed by atoms with E-state index in [9.17, 15) is 0 Å². The van der Waals surface area contributed by atoms with E-state index in [0.717, 1.165) is 5.69 Å². The lowest BCUT2D eigenvalue weighted by Crippen LogP contribution is -1.87. The fraction of sp³-hybridized carbons (Fsp3) is 0. The van der Waals surface area contributed by atoms with Gasteiger partial charge in [-0.05, 0) is 12.1 Å². The van der Waals surface area contributed by atoms with Gasteiger partial charge >= 0.3 is 0 Å². The van der Waals surface area contributed by atoms with Crippen LogP contribution in [0.15, 0.2) is 24.3 Å². The third-order valence-corrected chi connectivity index (χ3v) is 1.84. The lowest BCUT2D eigenvalue weighted by atomic mass is 10.3. The Kier molecular flexibility index (Phi) is 2.56. The molecule has 0 bridgehead atoms. The van der Waals surface area contributed by atoms with Crippen LogP contribution in [-0.4, -0.2) is 5.11 Å². The molecule has 10 heavy (non-hydrogen) atoms. The van der Waals surface area contributed by atoms with Gasteiger partial charge in [0.05, 0.1) is 38.0 Å². The van der Waals surface area contributed by atoms with Gasteiger partial charge in [0, 0.05) is 6.07 Å². The maximum Gasteiger partial charge on any atom is 0.117 e. The molecule has 1 aromatic rings. The fourth-order valence-electron chi connectivity index (χ4n) is 0.598. The molecule has 54 valence electrons. The highest BCUT2D eigenvalue weighted by molar-refractivity contribution is 9.25. The van der Waals surface area contributed by atoms with Crippen molar-refractivity contribution in [2.45, 2.75) is 0 Å². The maximum atomic E-state index is 8.99. The molecule has 0 unspecified atom stereocenters. The molecule has 0 fully saturated rings. The topological polar surface area (TPSA) is 23.5 Å². The van der Waals surface area contributed by atoms with Crippen molar-refractivity contribution >= 4 is 38.0 Å². The summed E-state index contributed by atoms with van der Waals surface area (Å²) < 4.78 is 1.57. The molecule has 0 saturated carbocycles. The van der Waals surface area contributed by atoms with E-state index in [-0.39, 0.29) is 5.75 Å². The minimum atomic E-state index is 0.251. The predicted molar refractivity (Wildman–Crippen MR) is 48.4 cm³/mol. The lowest BCUT2D eigenvalue weighted by Gasteiger charge is -2.05. The molecule has 0 saturated heterocycles. The van der Waals surface area contributed by atoms with Crippen molar-refractivity contribution < 1.29 is 5.11 Å². The van der Waals surface area contributed by atoms with Crippen LogP contribution in [0.2, 0.25) is 0 Å². The van der Waals surface area contributed by atoms with Crippen LogP contribution in [0.5, 0.6) is 5.75 Å². The van der Waals surface area contributed by atoms with Crippen molar-refractivity contribution in [1.29, 1.82) is 0 Å². The second kappa shape index (κ2) is 3.25. The number of nitrogens with zero attached hydrogens (tertiary/aromatic N) is 1. The molecule has 0 amide bonds. The van der Waals surface area contributed by atoms with Crippen LogP contribution >= 0.6 is 32.3 Å². The van der Waals surface area contributed by atoms with E-state index < -0.39 is 0 Å². The molecular formula is C6H5Br2NO. The predicted octanol–water partition coefficient (Wildman–Crippen LogP) is 2.82. The van der Waals surface area contributed by atoms with E-state index in [4.69, 9.17) is 5.11 Å². The Morgan fingerprint density at radius 3 is 2.40 bits per heavy atom. The summed E-state index contributed by atoms with van der Waals surface area (Å²) >= 11 is 6.31. The van der Waals surface area contributed by atoms with E-state index in [2.05, 4.69) is 32.3 Å². The summed E-state index contributed by atoms with van der Waals surface area (Å²) in [4.78, 5) is 0. The van der Waals surface area contributed by atoms with Gasteiger partial charge in [0.15, 0.2) is 0 Å². The van der Waals surface area contributed by atoms with Crippen molar-refractivity contribution in [2.24, 2.45) is 0 Å². The van der Waals surface area contributed by atoms with Gasteiger partial charge in [0.25, 0.3) is 0 Å². The first kappa shape index (κ1) is 7.88. The number of halogens is 2. The first-order valence-corrected chi connectivity index (χ1v) is 4.03. The third-order valence-electron chi connectivity index (χ3n) is 1.02. The van der Waals surface area contributed by atoms with E-state index in [0.29, 0.717) is 0 Å². The van der Waals surface area contributed by atoms with E-state index in [1.165, 1.54) is 0 Å². The number of phenols is 1. The minimum absolute atomic E-state index is 0.251. The molecule has 0 aliphatic carbocycles. The monoisotopic (exact) mass is 265 g/mol. The normalized spacial score (nSPS) is 9.40. The average Bonchev–Trinajstić information content (AvgIpc) is 1.88. The zero-order chi connectivity index (χ0) is 7.56. The second-order valence-electron chi connectivity index (χ2n) is 1.75. The van der Waals surface area contributed by atoms with Gasteiger partial charge in [0.2, 0.25) is 0 Å². The number of anilines is 1. The standard InChI is InChI=1S/C6H5Br2NO/c7-9(8)5-2-1-3-6(10)4-5/h1-4,10H. The summed E-state index contributed by atoms with van der Waals surface area (Å²) in [5.74, 6) is 0.251. The quantitative estimate of drug-likeness (QED) is 0.791. The molecule has 0 heterocycles. The van der Waals surface area contributed by atoms with Gasteiger partial charge < -0.3 is 5.11 Å². The highest BCUT2D eigenvalue weighted by Crippen LogP contribution is 2.24. The van der Waals surface area contributed by atoms with E-state index in [1.54, 1.807) is 21.2 Å². The summed E-state index contributed by atoms with van der Waals surface area (Å²) in [6.07, 6.45) is 0. The molecule has 0 aromatic heterocycles. The summed E-state index contributed by atoms with van der Waals surface area (Å²) in [6.45, 7) is 0. The van der Waals surface area contributed by atoms with Crippen LogP contribution in [0.4, 0.5) is 5.69 Å². The molecule has 1 aromatic carbocycles. The van der Waals surface area contributed by atoms with Crippen LogP contribution in [-0.2, 0) is 0 Å². The van der Waals surface area contributed by atoms with Crippen molar-refractivity contribution in [1.82, 2.24) is 0 Å². The lowest BCUT2D eigenvalue weighted by molar-refractivity contribution is 0.475. The van der Waals surface area contributed by atoms with Crippen LogP contribution < -0.4 is 2.95 Å². The van der Waals surface area contributed by atoms with Crippen LogP contribution in [0, 0.1) is 0 Å². The van der Waals surface area contributed by atoms with Crippen LogP contribution in [0.3, 0.4) is 0 Å². The number of aromatic hydroxyl groups is 1. The summed E-state index contributed by atoms with van der Waals surface area (Å²) in [5.41, 5.74) is 0.847. The average molecular weight is 267 g/mol. The molecule has 1 N–H and O–H groups in total. The van der Waals surface area contributed by atoms with Gasteiger partial charge in [-0.25, -0.2) is 2.95 Å². The number of phenolic OH excluding ortho intramolecular Hbond substituents is 1. The Hall–Kier alpha value is -0.220. The molecule has 0 atom stereocenters. The maximum absolute atomic E-state index is 8.99. The first-order valence-electron chi connectivity index (χ1n) is 2.61. The first-order chi connectivity index (χ1) is 4.70. The largest absolute Gasteiger partial charge is 0.508 e. The Morgan fingerprint density at radius 2 is 2.00 bits per heavy atom. The summed E-state index contributed by atoms with van der Waals surface area (Å²) in [5, 5.41) is 8.99. The van der Waals surface area contributed by atoms with Crippen LogP contribution in [0.1, 0.15) is 0 Å². The van der Waals surface area contributed by atoms with Crippen molar-refractivity contribution in [3.05, 3.63) is 24.3 Å². The molecule has 1 rings (SSSR count). The van der Waals surface area contributed by atoms with Crippen molar-refractivity contribution in [2.75, 3.05) is 2.95 Å². The molecule has 0 spiro atoms. The summed E-state index contributed by atoms with van der Waals surface area (Å²) in [7, 11) is 0. The van der Waals surface area contributed by atoms with Gasteiger partial charge in [-0.2, -0.15) is 0 Å². The number of benzene rings is 1. The van der Waals surface area contributed by atoms with Gasteiger partial charge in [-0.3, -0.25) is 0 Å². The molecule has 0 aliphatic heterocycles. The molecule has 0 aliphatic rings. The van der Waals surface area contributed by atoms with Crippen molar-refractivity contribution in [3.8, 4) is 5.75 Å². The number of hydrogen-bond donors (Lipinski definition) is 1. The SMILES string of the molecule is Oc1cccc(N(Br)Br)c1. The Morgan fingerprint density at radius 1 is 1.30 bits per heavy atom. The van der Waals surface area contributed by atoms with Gasteiger partial charge in [0.1, 0.15) is 5.75 Å². The molecular weight excluding hydrogens is 262 g/mol. The highest BCUT2D eigenvalue weighted by atomic mass is 79.9. The molecule has 4 heteroatoms. The number of rotatable bonds is 1. The fourth-order valence-corrected chi connectivity index (χ4v) is 1.04. The molecule has 2 nitrogen and oxygen atoms in total. The Labute approximate surface area is 76.1 Å². The zero-order valence-corrected chi connectivity index (χ0v) is 8.13. The van der Waals surface area contributed by atoms with Crippen LogP contribution in [0.25, 0.3) is 0 Å². The van der Waals surface area contributed by atoms with Gasteiger partial charge in [-0.1, -0.05) is 6.07 Å². The van der Waals surface area contributed by atoms with E-state index in [1.807, 2.05) is 6.07 Å². The summed E-state index contributed by atoms with van der Waals surface area (Å²) in [6, 6.07) is 6.86. The molecule has 0 radical (unpaired) electrons. The Balaban J connectivity index is 2.96. The second-order valence-corrected chi connectivity index (χ2v) is 4.12. The zero-order valence-electron chi connectivity index (χ0n) is 4.96. The smallest absolute Gasteiger partial charge is 0.117 e. The third kappa shape index (κ3) is 1.88. The Bertz CT molecular complexity index is 227. The van der Waals surface area contributed by atoms with Crippen molar-refractivity contribution in [3.63, 3.8) is 0 Å². The minimum Gasteiger partial charge on any atom is -0.508 e. The highest BCUT2D eigenvalue weighted by Gasteiger charge is 1.97. The number of hydrogen-bond acceptors (Lipinski definition) is 2. The van der Waals surface area contributed by atoms with E-state index >= 15 is 0 Å².